The smallest absolute Gasteiger partial charge is 0.149 e. The molecule has 0 amide bonds. The molecule has 226 valence electrons. The monoisotopic (exact) mass is 609 g/mol. The van der Waals surface area contributed by atoms with Crippen molar-refractivity contribution in [2.24, 2.45) is 5.73 Å². The van der Waals surface area contributed by atoms with E-state index in [2.05, 4.69) is 55.4 Å². The molecule has 2 aromatic carbocycles. The second-order valence-electron chi connectivity index (χ2n) is 12.4. The summed E-state index contributed by atoms with van der Waals surface area (Å²) in [7, 11) is 2.10. The van der Waals surface area contributed by atoms with Gasteiger partial charge in [0.15, 0.2) is 0 Å². The zero-order valence-electron chi connectivity index (χ0n) is 25.4. The molecule has 1 aliphatic heterocycles. The first-order chi connectivity index (χ1) is 21.2. The van der Waals surface area contributed by atoms with Crippen LogP contribution in [0.25, 0.3) is 27.9 Å². The third kappa shape index (κ3) is 5.73. The van der Waals surface area contributed by atoms with E-state index in [0.29, 0.717) is 13.2 Å². The molecule has 0 spiro atoms. The number of halogens is 2. The molecule has 3 aliphatic rings. The van der Waals surface area contributed by atoms with Crippen LogP contribution in [0.5, 0.6) is 5.75 Å². The Morgan fingerprint density at radius 2 is 1.91 bits per heavy atom. The average Bonchev–Trinajstić information content (AvgIpc) is 3.94. The van der Waals surface area contributed by atoms with Crippen molar-refractivity contribution in [2.75, 3.05) is 31.6 Å². The fourth-order valence-corrected chi connectivity index (χ4v) is 6.24. The van der Waals surface area contributed by atoms with Gasteiger partial charge < -0.3 is 20.7 Å². The zero-order valence-corrected chi connectivity index (χ0v) is 26.2. The van der Waals surface area contributed by atoms with E-state index in [-0.39, 0.29) is 10.9 Å². The van der Waals surface area contributed by atoms with Gasteiger partial charge in [0, 0.05) is 71.3 Å². The van der Waals surface area contributed by atoms with Gasteiger partial charge in [-0.05, 0) is 91.8 Å². The van der Waals surface area contributed by atoms with Gasteiger partial charge in [-0.2, -0.15) is 0 Å². The summed E-state index contributed by atoms with van der Waals surface area (Å²) in [5, 5.41) is 4.98. The fourth-order valence-electron chi connectivity index (χ4n) is 6.06. The van der Waals surface area contributed by atoms with E-state index < -0.39 is 5.82 Å². The predicted molar refractivity (Wildman–Crippen MR) is 177 cm³/mol. The molecule has 7 rings (SSSR count). The Morgan fingerprint density at radius 3 is 2.66 bits per heavy atom. The average molecular weight is 610 g/mol. The van der Waals surface area contributed by atoms with Crippen molar-refractivity contribution in [3.8, 4) is 17.0 Å². The van der Waals surface area contributed by atoms with Crippen molar-refractivity contribution in [1.29, 1.82) is 0 Å². The minimum atomic E-state index is -0.445. The summed E-state index contributed by atoms with van der Waals surface area (Å²) in [4.78, 5) is 12.0. The number of allylic oxidation sites excluding steroid dienone is 2. The van der Waals surface area contributed by atoms with E-state index >= 15 is 0 Å². The lowest BCUT2D eigenvalue weighted by molar-refractivity contribution is 0.337. The molecule has 2 saturated carbocycles. The molecule has 8 heteroatoms. The first kappa shape index (κ1) is 28.7. The molecular formula is C36H37ClFN5O. The van der Waals surface area contributed by atoms with E-state index in [0.717, 1.165) is 94.8 Å². The number of hydrogen-bond donors (Lipinski definition) is 2. The molecule has 4 aromatic rings. The number of aromatic nitrogens is 2. The minimum absolute atomic E-state index is 0.0783. The quantitative estimate of drug-likeness (QED) is 0.203. The Labute approximate surface area is 262 Å². The second-order valence-corrected chi connectivity index (χ2v) is 12.8. The first-order valence-corrected chi connectivity index (χ1v) is 15.8. The molecule has 44 heavy (non-hydrogen) atoms. The Balaban J connectivity index is 1.17. The number of anilines is 1. The highest BCUT2D eigenvalue weighted by atomic mass is 35.5. The van der Waals surface area contributed by atoms with E-state index in [1.54, 1.807) is 12.1 Å². The molecule has 1 unspecified atom stereocenters. The standard InChI is InChI=1S/C36H37ClFN5O/c1-20-12-25-13-26(15-32(34(25)41-17-20)43(3)18-31(39)22-4-5-22)33(23-6-7-23)40-11-10-27-16-28-21(2)19-44-36(28)35(42-27)24-8-9-30(38)29(37)14-24/h8-9,12-17,21,40H,4-7,10-11,18-19,39H2,1-3H3. The number of hydrogen-bond acceptors (Lipinski definition) is 6. The van der Waals surface area contributed by atoms with Crippen LogP contribution in [0.3, 0.4) is 0 Å². The van der Waals surface area contributed by atoms with Crippen molar-refractivity contribution in [3.05, 3.63) is 98.7 Å². The molecule has 6 nitrogen and oxygen atoms in total. The van der Waals surface area contributed by atoms with Crippen molar-refractivity contribution >= 4 is 33.9 Å². The number of pyridine rings is 2. The van der Waals surface area contributed by atoms with E-state index in [9.17, 15) is 4.39 Å². The van der Waals surface area contributed by atoms with Gasteiger partial charge in [-0.15, -0.1) is 0 Å². The van der Waals surface area contributed by atoms with Crippen LogP contribution in [-0.2, 0) is 6.42 Å². The van der Waals surface area contributed by atoms with Crippen LogP contribution in [0, 0.1) is 12.7 Å². The van der Waals surface area contributed by atoms with Gasteiger partial charge in [0.25, 0.3) is 0 Å². The molecule has 3 N–H and O–H groups in total. The van der Waals surface area contributed by atoms with Crippen LogP contribution in [0.2, 0.25) is 5.02 Å². The Bertz CT molecular complexity index is 1850. The summed E-state index contributed by atoms with van der Waals surface area (Å²) < 4.78 is 20.0. The number of aryl methyl sites for hydroxylation is 1. The van der Waals surface area contributed by atoms with Gasteiger partial charge in [0.05, 0.1) is 29.4 Å². The summed E-state index contributed by atoms with van der Waals surface area (Å²) in [5.74, 6) is 0.584. The van der Waals surface area contributed by atoms with Crippen molar-refractivity contribution in [1.82, 2.24) is 15.3 Å². The SMILES string of the molecule is Cc1cnc2c(N(C)CC(N)=C3CC3)cc(C(NCCc3cc4c(c(-c5ccc(F)c(Cl)c5)n3)OCC4C)=C3CC3)cc2c1. The van der Waals surface area contributed by atoms with Crippen LogP contribution in [-0.4, -0.2) is 36.7 Å². The van der Waals surface area contributed by atoms with Gasteiger partial charge >= 0.3 is 0 Å². The molecule has 2 aliphatic carbocycles. The number of rotatable bonds is 9. The zero-order chi connectivity index (χ0) is 30.5. The third-order valence-corrected chi connectivity index (χ3v) is 9.04. The van der Waals surface area contributed by atoms with Gasteiger partial charge in [0.2, 0.25) is 0 Å². The summed E-state index contributed by atoms with van der Waals surface area (Å²) in [6.45, 7) is 6.26. The number of benzene rings is 2. The number of nitrogens with zero attached hydrogens (tertiary/aromatic N) is 3. The molecule has 2 aromatic heterocycles. The summed E-state index contributed by atoms with van der Waals surface area (Å²) in [5.41, 5.74) is 19.3. The minimum Gasteiger partial charge on any atom is -0.490 e. The molecule has 2 fully saturated rings. The Hall–Kier alpha value is -4.10. The topological polar surface area (TPSA) is 76.3 Å². The number of likely N-dealkylation sites (N-methyl/N-ethyl adjacent to an activating group) is 1. The van der Waals surface area contributed by atoms with Crippen LogP contribution >= 0.6 is 11.6 Å². The Morgan fingerprint density at radius 1 is 1.11 bits per heavy atom. The van der Waals surface area contributed by atoms with Gasteiger partial charge in [-0.1, -0.05) is 18.5 Å². The van der Waals surface area contributed by atoms with Gasteiger partial charge in [0.1, 0.15) is 17.3 Å². The second kappa shape index (κ2) is 11.4. The van der Waals surface area contributed by atoms with Gasteiger partial charge in [-0.3, -0.25) is 4.98 Å². The maximum Gasteiger partial charge on any atom is 0.149 e. The molecule has 0 bridgehead atoms. The summed E-state index contributed by atoms with van der Waals surface area (Å²) in [6.07, 6.45) is 7.08. The number of ether oxygens (including phenoxy) is 1. The highest BCUT2D eigenvalue weighted by Gasteiger charge is 2.27. The maximum atomic E-state index is 13.9. The van der Waals surface area contributed by atoms with Crippen LogP contribution in [0.15, 0.2) is 65.5 Å². The van der Waals surface area contributed by atoms with Crippen molar-refractivity contribution in [2.45, 2.75) is 51.9 Å². The summed E-state index contributed by atoms with van der Waals surface area (Å²) >= 11 is 6.14. The van der Waals surface area contributed by atoms with Crippen LogP contribution in [0.1, 0.15) is 60.9 Å². The molecular weight excluding hydrogens is 573 g/mol. The van der Waals surface area contributed by atoms with E-state index in [1.807, 2.05) is 6.20 Å². The Kier molecular flexibility index (Phi) is 7.45. The van der Waals surface area contributed by atoms with Crippen molar-refractivity contribution < 1.29 is 9.13 Å². The highest BCUT2D eigenvalue weighted by Crippen LogP contribution is 2.42. The number of nitrogens with one attached hydrogen (secondary N) is 1. The lowest BCUT2D eigenvalue weighted by atomic mass is 9.99. The van der Waals surface area contributed by atoms with Crippen LogP contribution < -0.4 is 20.7 Å². The normalized spacial score (nSPS) is 16.5. The largest absolute Gasteiger partial charge is 0.490 e. The third-order valence-electron chi connectivity index (χ3n) is 8.75. The van der Waals surface area contributed by atoms with Crippen molar-refractivity contribution in [3.63, 3.8) is 0 Å². The van der Waals surface area contributed by atoms with E-state index in [1.165, 1.54) is 28.5 Å². The number of fused-ring (bicyclic) bond motifs is 2. The van der Waals surface area contributed by atoms with Crippen LogP contribution in [0.4, 0.5) is 10.1 Å². The van der Waals surface area contributed by atoms with Gasteiger partial charge in [-0.25, -0.2) is 9.37 Å². The molecule has 3 heterocycles. The molecule has 0 saturated heterocycles. The summed E-state index contributed by atoms with van der Waals surface area (Å²) in [6, 6.07) is 13.6. The molecule has 1 atom stereocenters. The lowest BCUT2D eigenvalue weighted by Crippen LogP contribution is -2.24. The fraction of sp³-hybridized carbons (Fsp3) is 0.333. The van der Waals surface area contributed by atoms with E-state index in [4.69, 9.17) is 32.0 Å². The highest BCUT2D eigenvalue weighted by molar-refractivity contribution is 6.31. The first-order valence-electron chi connectivity index (χ1n) is 15.4. The number of nitrogens with two attached hydrogens (primary N) is 1. The molecule has 0 radical (unpaired) electrons. The maximum absolute atomic E-state index is 13.9. The predicted octanol–water partition coefficient (Wildman–Crippen LogP) is 7.67. The lowest BCUT2D eigenvalue weighted by Gasteiger charge is -2.23.